The monoisotopic (exact) mass is 380 g/mol. The summed E-state index contributed by atoms with van der Waals surface area (Å²) < 4.78 is 25.2. The normalized spacial score (nSPS) is 10.6. The van der Waals surface area contributed by atoms with Crippen molar-refractivity contribution in [2.75, 3.05) is 14.2 Å². The molecule has 2 aromatic carbocycles. The summed E-state index contributed by atoms with van der Waals surface area (Å²) in [5.41, 5.74) is 1.69. The van der Waals surface area contributed by atoms with E-state index in [4.69, 9.17) is 9.47 Å². The molecule has 0 aromatic heterocycles. The molecule has 0 fully saturated rings. The Morgan fingerprint density at radius 1 is 0.800 bits per heavy atom. The van der Waals surface area contributed by atoms with Gasteiger partial charge in [-0.25, -0.2) is 0 Å². The van der Waals surface area contributed by atoms with Crippen LogP contribution in [-0.2, 0) is 4.57 Å². The van der Waals surface area contributed by atoms with Crippen molar-refractivity contribution in [3.05, 3.63) is 53.6 Å². The van der Waals surface area contributed by atoms with Gasteiger partial charge in [0.05, 0.1) is 14.2 Å². The molecule has 0 unspecified atom stereocenters. The molecule has 0 radical (unpaired) electrons. The van der Waals surface area contributed by atoms with E-state index >= 15 is 0 Å². The molecule has 0 amide bonds. The second-order valence-corrected chi connectivity index (χ2v) is 5.66. The Kier molecular flexibility index (Phi) is 11.3. The average molecular weight is 380 g/mol. The number of hydrogen-bond donors (Lipinski definition) is 0. The van der Waals surface area contributed by atoms with Crippen LogP contribution in [0.5, 0.6) is 17.2 Å². The molecular weight excluding hydrogens is 365 g/mol. The zero-order chi connectivity index (χ0) is 16.9. The fourth-order valence-corrected chi connectivity index (χ4v) is 2.27. The van der Waals surface area contributed by atoms with Crippen molar-refractivity contribution in [2.24, 2.45) is 0 Å². The van der Waals surface area contributed by atoms with Gasteiger partial charge in [-0.2, -0.15) is 0 Å². The minimum atomic E-state index is -5.03. The van der Waals surface area contributed by atoms with Gasteiger partial charge in [-0.3, -0.25) is 0 Å². The van der Waals surface area contributed by atoms with Gasteiger partial charge in [0.2, 0.25) is 0 Å². The van der Waals surface area contributed by atoms with E-state index in [9.17, 15) is 14.4 Å². The maximum Gasteiger partial charge on any atom is 1.00 e. The van der Waals surface area contributed by atoms with Gasteiger partial charge in [0, 0.05) is 6.07 Å². The molecule has 6 nitrogen and oxygen atoms in total. The van der Waals surface area contributed by atoms with E-state index in [0.29, 0.717) is 11.5 Å². The van der Waals surface area contributed by atoms with Gasteiger partial charge in [-0.05, 0) is 35.4 Å². The third kappa shape index (κ3) is 8.78. The SMILES string of the molecule is COc1cc(/C=C/c2ccc(OP(=O)([O-])[O-])cc2)cc(OC)c1.[Na+].[Na+]. The summed E-state index contributed by atoms with van der Waals surface area (Å²) in [6, 6.07) is 11.6. The molecule has 0 N–H and O–H groups in total. The second kappa shape index (κ2) is 11.4. The largest absolute Gasteiger partial charge is 1.00 e. The Morgan fingerprint density at radius 2 is 1.28 bits per heavy atom. The Balaban J connectivity index is 0.00000288. The number of hydrogen-bond acceptors (Lipinski definition) is 6. The molecular formula is C16H15Na2O6P. The van der Waals surface area contributed by atoms with Crippen LogP contribution in [0.15, 0.2) is 42.5 Å². The fraction of sp³-hybridized carbons (Fsp3) is 0.125. The van der Waals surface area contributed by atoms with Gasteiger partial charge >= 0.3 is 59.1 Å². The summed E-state index contributed by atoms with van der Waals surface area (Å²) in [6.45, 7) is 0. The predicted molar refractivity (Wildman–Crippen MR) is 83.2 cm³/mol. The van der Waals surface area contributed by atoms with Gasteiger partial charge in [0.1, 0.15) is 25.1 Å². The van der Waals surface area contributed by atoms with E-state index in [1.54, 1.807) is 32.4 Å². The van der Waals surface area contributed by atoms with Gasteiger partial charge < -0.3 is 28.3 Å². The average Bonchev–Trinajstić information content (AvgIpc) is 2.52. The molecule has 0 bridgehead atoms. The van der Waals surface area contributed by atoms with Crippen LogP contribution in [0.4, 0.5) is 0 Å². The molecule has 2 aromatic rings. The van der Waals surface area contributed by atoms with Crippen molar-refractivity contribution in [1.82, 2.24) is 0 Å². The van der Waals surface area contributed by atoms with Crippen LogP contribution in [0.25, 0.3) is 12.2 Å². The molecule has 0 aliphatic carbocycles. The summed E-state index contributed by atoms with van der Waals surface area (Å²) in [7, 11) is -1.88. The van der Waals surface area contributed by atoms with Crippen molar-refractivity contribution >= 4 is 20.0 Å². The van der Waals surface area contributed by atoms with Gasteiger partial charge in [0.15, 0.2) is 0 Å². The zero-order valence-corrected chi connectivity index (χ0v) is 19.5. The summed E-state index contributed by atoms with van der Waals surface area (Å²) in [5, 5.41) is 0. The van der Waals surface area contributed by atoms with Crippen molar-refractivity contribution in [1.29, 1.82) is 0 Å². The first kappa shape index (κ1) is 24.7. The third-order valence-corrected chi connectivity index (χ3v) is 3.37. The molecule has 0 aliphatic rings. The molecule has 2 rings (SSSR count). The number of phosphoric acid groups is 1. The van der Waals surface area contributed by atoms with E-state index in [0.717, 1.165) is 11.1 Å². The molecule has 25 heavy (non-hydrogen) atoms. The topological polar surface area (TPSA) is 90.9 Å². The van der Waals surface area contributed by atoms with Crippen LogP contribution >= 0.6 is 7.82 Å². The smallest absolute Gasteiger partial charge is 0.780 e. The number of rotatable bonds is 6. The minimum Gasteiger partial charge on any atom is -0.780 e. The summed E-state index contributed by atoms with van der Waals surface area (Å²) in [6.07, 6.45) is 3.68. The minimum absolute atomic E-state index is 0. The first-order chi connectivity index (χ1) is 10.9. The van der Waals surface area contributed by atoms with Crippen molar-refractivity contribution in [3.8, 4) is 17.2 Å². The predicted octanol–water partition coefficient (Wildman–Crippen LogP) is -3.91. The van der Waals surface area contributed by atoms with Crippen LogP contribution in [-0.4, -0.2) is 14.2 Å². The van der Waals surface area contributed by atoms with Crippen molar-refractivity contribution in [3.63, 3.8) is 0 Å². The van der Waals surface area contributed by atoms with E-state index < -0.39 is 7.82 Å². The zero-order valence-electron chi connectivity index (χ0n) is 14.6. The first-order valence-electron chi connectivity index (χ1n) is 6.62. The van der Waals surface area contributed by atoms with E-state index in [2.05, 4.69) is 4.52 Å². The molecule has 0 heterocycles. The molecule has 0 aliphatic heterocycles. The standard InChI is InChI=1S/C16H17O6P.2Na/c1-20-15-9-13(10-16(11-15)21-2)4-3-12-5-7-14(8-6-12)22-23(17,18)19;;/h3-11H,1-2H3,(H2,17,18,19);;/q;2*+1/p-2/b4-3+;;. The number of ether oxygens (including phenoxy) is 2. The van der Waals surface area contributed by atoms with E-state index in [1.165, 1.54) is 12.1 Å². The van der Waals surface area contributed by atoms with Crippen LogP contribution in [0.2, 0.25) is 0 Å². The summed E-state index contributed by atoms with van der Waals surface area (Å²) in [4.78, 5) is 21.1. The molecule has 0 saturated carbocycles. The molecule has 122 valence electrons. The first-order valence-corrected chi connectivity index (χ1v) is 8.08. The molecule has 0 spiro atoms. The van der Waals surface area contributed by atoms with Crippen LogP contribution in [0.3, 0.4) is 0 Å². The number of phosphoric ester groups is 1. The van der Waals surface area contributed by atoms with E-state index in [-0.39, 0.29) is 64.9 Å². The number of benzene rings is 2. The molecule has 0 atom stereocenters. The Bertz CT molecular complexity index is 721. The van der Waals surface area contributed by atoms with Gasteiger partial charge in [-0.15, -0.1) is 0 Å². The fourth-order valence-electron chi connectivity index (χ4n) is 1.89. The van der Waals surface area contributed by atoms with Crippen LogP contribution in [0, 0.1) is 0 Å². The maximum atomic E-state index is 10.5. The Labute approximate surface area is 191 Å². The van der Waals surface area contributed by atoms with E-state index in [1.807, 2.05) is 24.3 Å². The second-order valence-electron chi connectivity index (χ2n) is 4.59. The van der Waals surface area contributed by atoms with Crippen LogP contribution < -0.4 is 82.9 Å². The quantitative estimate of drug-likeness (QED) is 0.289. The Morgan fingerprint density at radius 3 is 1.72 bits per heavy atom. The molecule has 9 heteroatoms. The Hall–Kier alpha value is -0.270. The number of methoxy groups -OCH3 is 2. The molecule has 0 saturated heterocycles. The van der Waals surface area contributed by atoms with Gasteiger partial charge in [0.25, 0.3) is 0 Å². The van der Waals surface area contributed by atoms with Gasteiger partial charge in [-0.1, -0.05) is 24.3 Å². The third-order valence-electron chi connectivity index (χ3n) is 2.94. The maximum absolute atomic E-state index is 10.5. The summed E-state index contributed by atoms with van der Waals surface area (Å²) in [5.74, 6) is 1.34. The van der Waals surface area contributed by atoms with Crippen molar-refractivity contribution in [2.45, 2.75) is 0 Å². The van der Waals surface area contributed by atoms with Crippen molar-refractivity contribution < 1.29 is 87.5 Å². The van der Waals surface area contributed by atoms with Crippen LogP contribution in [0.1, 0.15) is 11.1 Å². The summed E-state index contributed by atoms with van der Waals surface area (Å²) >= 11 is 0.